The normalized spacial score (nSPS) is 11.8. The second-order valence-electron chi connectivity index (χ2n) is 4.52. The van der Waals surface area contributed by atoms with Gasteiger partial charge in [-0.1, -0.05) is 11.6 Å². The van der Waals surface area contributed by atoms with E-state index in [1.54, 1.807) is 0 Å². The third-order valence-electron chi connectivity index (χ3n) is 2.94. The summed E-state index contributed by atoms with van der Waals surface area (Å²) in [7, 11) is -4.28. The van der Waals surface area contributed by atoms with Crippen LogP contribution < -0.4 is 10.5 Å². The van der Waals surface area contributed by atoms with Gasteiger partial charge in [0, 0.05) is 12.1 Å². The van der Waals surface area contributed by atoms with Gasteiger partial charge in [0.25, 0.3) is 10.0 Å². The quantitative estimate of drug-likeness (QED) is 0.751. The topological polar surface area (TPSA) is 92.2 Å². The summed E-state index contributed by atoms with van der Waals surface area (Å²) in [4.78, 5) is 13.0. The Labute approximate surface area is 132 Å². The molecule has 0 saturated carbocycles. The van der Waals surface area contributed by atoms with Crippen LogP contribution in [0, 0.1) is 11.6 Å². The van der Waals surface area contributed by atoms with E-state index < -0.39 is 38.0 Å². The Morgan fingerprint density at radius 1 is 1.17 bits per heavy atom. The predicted octanol–water partition coefficient (Wildman–Crippen LogP) is 2.85. The Hall–Kier alpha value is -2.39. The number of sulfonamides is 1. The van der Waals surface area contributed by atoms with Gasteiger partial charge in [-0.3, -0.25) is 9.71 Å². The lowest BCUT2D eigenvalue weighted by atomic mass is 10.3. The van der Waals surface area contributed by atoms with Crippen LogP contribution in [0.3, 0.4) is 0 Å². The predicted molar refractivity (Wildman–Crippen MR) is 79.0 cm³/mol. The van der Waals surface area contributed by atoms with E-state index in [4.69, 9.17) is 16.0 Å². The molecule has 0 bridgehead atoms. The van der Waals surface area contributed by atoms with Crippen molar-refractivity contribution in [1.29, 1.82) is 0 Å². The molecule has 0 saturated heterocycles. The van der Waals surface area contributed by atoms with Gasteiger partial charge in [0.1, 0.15) is 16.5 Å². The van der Waals surface area contributed by atoms with Crippen LogP contribution in [0.4, 0.5) is 14.5 Å². The molecule has 0 spiro atoms. The Morgan fingerprint density at radius 2 is 1.91 bits per heavy atom. The molecule has 1 aromatic heterocycles. The van der Waals surface area contributed by atoms with Gasteiger partial charge in [0.15, 0.2) is 5.58 Å². The summed E-state index contributed by atoms with van der Waals surface area (Å²) in [5.74, 6) is -2.71. The Bertz CT molecular complexity index is 1080. The van der Waals surface area contributed by atoms with Crippen molar-refractivity contribution in [2.45, 2.75) is 4.90 Å². The first kappa shape index (κ1) is 15.5. The maximum Gasteiger partial charge on any atom is 0.417 e. The van der Waals surface area contributed by atoms with Gasteiger partial charge < -0.3 is 4.42 Å². The van der Waals surface area contributed by atoms with Crippen LogP contribution in [0.1, 0.15) is 0 Å². The molecule has 10 heteroatoms. The monoisotopic (exact) mass is 360 g/mol. The van der Waals surface area contributed by atoms with Crippen LogP contribution >= 0.6 is 11.6 Å². The number of hydrogen-bond donors (Lipinski definition) is 2. The van der Waals surface area contributed by atoms with Crippen LogP contribution in [0.15, 0.2) is 44.4 Å². The average Bonchev–Trinajstić information content (AvgIpc) is 2.80. The van der Waals surface area contributed by atoms with Crippen molar-refractivity contribution in [3.05, 3.63) is 57.5 Å². The maximum absolute atomic E-state index is 13.6. The van der Waals surface area contributed by atoms with Gasteiger partial charge in [-0.25, -0.2) is 22.0 Å². The van der Waals surface area contributed by atoms with Crippen molar-refractivity contribution in [2.75, 3.05) is 4.72 Å². The molecule has 2 N–H and O–H groups in total. The highest BCUT2D eigenvalue weighted by Crippen LogP contribution is 2.28. The molecule has 0 aliphatic rings. The minimum atomic E-state index is -4.28. The van der Waals surface area contributed by atoms with E-state index >= 15 is 0 Å². The Kier molecular flexibility index (Phi) is 3.61. The molecule has 23 heavy (non-hydrogen) atoms. The lowest BCUT2D eigenvalue weighted by Gasteiger charge is -2.10. The molecule has 0 unspecified atom stereocenters. The summed E-state index contributed by atoms with van der Waals surface area (Å²) >= 11 is 5.89. The van der Waals surface area contributed by atoms with E-state index in [9.17, 15) is 22.0 Å². The third-order valence-corrected chi connectivity index (χ3v) is 4.77. The lowest BCUT2D eigenvalue weighted by molar-refractivity contribution is 0.554. The van der Waals surface area contributed by atoms with E-state index in [0.29, 0.717) is 6.07 Å². The van der Waals surface area contributed by atoms with Gasteiger partial charge in [-0.2, -0.15) is 0 Å². The first-order valence-corrected chi connectivity index (χ1v) is 7.92. The lowest BCUT2D eigenvalue weighted by Crippen LogP contribution is -2.14. The molecule has 2 aromatic carbocycles. The maximum atomic E-state index is 13.6. The van der Waals surface area contributed by atoms with E-state index in [0.717, 1.165) is 18.2 Å². The molecule has 6 nitrogen and oxygen atoms in total. The second kappa shape index (κ2) is 5.36. The van der Waals surface area contributed by atoms with E-state index in [-0.39, 0.29) is 16.1 Å². The van der Waals surface area contributed by atoms with Crippen LogP contribution in [0.5, 0.6) is 0 Å². The van der Waals surface area contributed by atoms with Crippen LogP contribution in [-0.4, -0.2) is 13.4 Å². The Balaban J connectivity index is 2.08. The molecule has 0 fully saturated rings. The average molecular weight is 361 g/mol. The van der Waals surface area contributed by atoms with E-state index in [1.807, 2.05) is 4.72 Å². The number of H-pyrrole nitrogens is 1. The van der Waals surface area contributed by atoms with Crippen LogP contribution in [0.25, 0.3) is 11.1 Å². The summed E-state index contributed by atoms with van der Waals surface area (Å²) in [5, 5.41) is -0.204. The summed E-state index contributed by atoms with van der Waals surface area (Å²) in [6, 6.07) is 4.59. The summed E-state index contributed by atoms with van der Waals surface area (Å²) in [5.41, 5.74) is -0.260. The first-order valence-electron chi connectivity index (χ1n) is 6.06. The number of fused-ring (bicyclic) bond motifs is 1. The molecule has 0 aliphatic carbocycles. The highest BCUT2D eigenvalue weighted by molar-refractivity contribution is 7.92. The molecule has 0 aliphatic heterocycles. The van der Waals surface area contributed by atoms with E-state index in [2.05, 4.69) is 4.98 Å². The SMILES string of the molecule is O=c1[nH]c2cc(Cl)c(S(=O)(=O)Nc3ccc(F)cc3F)cc2o1. The van der Waals surface area contributed by atoms with Crippen molar-refractivity contribution in [3.8, 4) is 0 Å². The fraction of sp³-hybridized carbons (Fsp3) is 0. The van der Waals surface area contributed by atoms with Crippen molar-refractivity contribution in [1.82, 2.24) is 4.98 Å². The third kappa shape index (κ3) is 2.92. The number of benzene rings is 2. The van der Waals surface area contributed by atoms with Gasteiger partial charge in [0.05, 0.1) is 16.2 Å². The standard InChI is InChI=1S/C13H7ClF2N2O4S/c14-7-4-10-11(22-13(19)17-10)5-12(7)23(20,21)18-9-2-1-6(15)3-8(9)16/h1-5,18H,(H,17,19). The smallest absolute Gasteiger partial charge is 0.408 e. The fourth-order valence-corrected chi connectivity index (χ4v) is 3.54. The van der Waals surface area contributed by atoms with Gasteiger partial charge >= 0.3 is 5.76 Å². The highest BCUT2D eigenvalue weighted by Gasteiger charge is 2.22. The zero-order chi connectivity index (χ0) is 16.8. The fourth-order valence-electron chi connectivity index (χ4n) is 1.93. The second-order valence-corrected chi connectivity index (χ2v) is 6.58. The number of anilines is 1. The van der Waals surface area contributed by atoms with Crippen molar-refractivity contribution in [3.63, 3.8) is 0 Å². The summed E-state index contributed by atoms with van der Waals surface area (Å²) in [6.07, 6.45) is 0. The molecule has 120 valence electrons. The largest absolute Gasteiger partial charge is 0.417 e. The minimum absolute atomic E-state index is 0.0284. The number of hydrogen-bond acceptors (Lipinski definition) is 4. The molecule has 3 aromatic rings. The molecular weight excluding hydrogens is 354 g/mol. The highest BCUT2D eigenvalue weighted by atomic mass is 35.5. The molecule has 3 rings (SSSR count). The van der Waals surface area contributed by atoms with Crippen molar-refractivity contribution >= 4 is 38.4 Å². The number of oxazole rings is 1. The van der Waals surface area contributed by atoms with Crippen LogP contribution in [-0.2, 0) is 10.0 Å². The van der Waals surface area contributed by atoms with Gasteiger partial charge in [-0.15, -0.1) is 0 Å². The summed E-state index contributed by atoms with van der Waals surface area (Å²) < 4.78 is 57.8. The number of aromatic amines is 1. The van der Waals surface area contributed by atoms with Crippen molar-refractivity contribution < 1.29 is 21.6 Å². The Morgan fingerprint density at radius 3 is 2.61 bits per heavy atom. The van der Waals surface area contributed by atoms with Gasteiger partial charge in [-0.05, 0) is 18.2 Å². The van der Waals surface area contributed by atoms with Crippen LogP contribution in [0.2, 0.25) is 5.02 Å². The number of aromatic nitrogens is 1. The van der Waals surface area contributed by atoms with Crippen molar-refractivity contribution in [2.24, 2.45) is 0 Å². The van der Waals surface area contributed by atoms with E-state index in [1.165, 1.54) is 6.07 Å². The number of rotatable bonds is 3. The molecule has 1 heterocycles. The molecule has 0 amide bonds. The summed E-state index contributed by atoms with van der Waals surface area (Å²) in [6.45, 7) is 0. The minimum Gasteiger partial charge on any atom is -0.408 e. The molecule has 0 atom stereocenters. The zero-order valence-corrected chi connectivity index (χ0v) is 12.6. The van der Waals surface area contributed by atoms with Gasteiger partial charge in [0.2, 0.25) is 0 Å². The number of nitrogens with one attached hydrogen (secondary N) is 2. The molecular formula is C13H7ClF2N2O4S. The number of halogens is 3. The molecule has 0 radical (unpaired) electrons. The first-order chi connectivity index (χ1) is 10.8. The zero-order valence-electron chi connectivity index (χ0n) is 11.1.